The van der Waals surface area contributed by atoms with Gasteiger partial charge in [-0.25, -0.2) is 0 Å². The molecule has 20 heavy (non-hydrogen) atoms. The average Bonchev–Trinajstić information content (AvgIpc) is 2.37. The number of carboxylic acids is 1. The maximum absolute atomic E-state index is 11.3. The first-order valence-electron chi connectivity index (χ1n) is 6.68. The fraction of sp³-hybridized carbons (Fsp3) is 0.375. The Morgan fingerprint density at radius 3 is 2.50 bits per heavy atom. The van der Waals surface area contributed by atoms with Crippen molar-refractivity contribution in [3.8, 4) is 0 Å². The Kier molecular flexibility index (Phi) is 4.04. The summed E-state index contributed by atoms with van der Waals surface area (Å²) in [5.74, 6) is -1.94. The number of aromatic nitrogens is 1. The first kappa shape index (κ1) is 14.5. The van der Waals surface area contributed by atoms with Crippen LogP contribution < -0.4 is 0 Å². The minimum atomic E-state index is -1.02. The highest BCUT2D eigenvalue weighted by Gasteiger charge is 2.30. The number of benzene rings is 1. The van der Waals surface area contributed by atoms with Crippen LogP contribution in [0.3, 0.4) is 0 Å². The molecule has 0 fully saturated rings. The second-order valence-electron chi connectivity index (χ2n) is 5.46. The smallest absolute Gasteiger partial charge is 0.309 e. The third-order valence-corrected chi connectivity index (χ3v) is 3.54. The van der Waals surface area contributed by atoms with Crippen LogP contribution in [0.1, 0.15) is 31.2 Å². The molecule has 2 rings (SSSR count). The molecule has 4 nitrogen and oxygen atoms in total. The Labute approximate surface area is 118 Å². The van der Waals surface area contributed by atoms with E-state index in [0.29, 0.717) is 5.56 Å². The standard InChI is InChI=1S/C16H19NO3/c1-9(2)14(16(19)20)15(18)12-6-7-13-11(8-12)5-4-10(3)17-13/h4-9,14-15,18H,1-3H3,(H,19,20). The maximum atomic E-state index is 11.3. The van der Waals surface area contributed by atoms with Gasteiger partial charge in [-0.05, 0) is 36.6 Å². The second-order valence-corrected chi connectivity index (χ2v) is 5.46. The van der Waals surface area contributed by atoms with Crippen LogP contribution in [0.2, 0.25) is 0 Å². The van der Waals surface area contributed by atoms with Gasteiger partial charge in [-0.15, -0.1) is 0 Å². The number of hydrogen-bond donors (Lipinski definition) is 2. The van der Waals surface area contributed by atoms with Gasteiger partial charge in [0.05, 0.1) is 17.5 Å². The molecule has 2 atom stereocenters. The van der Waals surface area contributed by atoms with Gasteiger partial charge in [0, 0.05) is 11.1 Å². The average molecular weight is 273 g/mol. The van der Waals surface area contributed by atoms with Gasteiger partial charge in [-0.2, -0.15) is 0 Å². The number of aliphatic hydroxyl groups is 1. The van der Waals surface area contributed by atoms with Crippen LogP contribution in [-0.4, -0.2) is 21.2 Å². The zero-order valence-electron chi connectivity index (χ0n) is 11.9. The van der Waals surface area contributed by atoms with Crippen molar-refractivity contribution >= 4 is 16.9 Å². The first-order valence-corrected chi connectivity index (χ1v) is 6.68. The summed E-state index contributed by atoms with van der Waals surface area (Å²) in [5, 5.41) is 20.5. The van der Waals surface area contributed by atoms with Crippen molar-refractivity contribution in [2.75, 3.05) is 0 Å². The lowest BCUT2D eigenvalue weighted by Crippen LogP contribution is -2.26. The van der Waals surface area contributed by atoms with Crippen LogP contribution >= 0.6 is 0 Å². The maximum Gasteiger partial charge on any atom is 0.309 e. The molecule has 2 aromatic rings. The highest BCUT2D eigenvalue weighted by molar-refractivity contribution is 5.80. The lowest BCUT2D eigenvalue weighted by atomic mass is 9.86. The monoisotopic (exact) mass is 273 g/mol. The molecule has 0 saturated heterocycles. The molecule has 0 amide bonds. The van der Waals surface area contributed by atoms with E-state index in [9.17, 15) is 15.0 Å². The van der Waals surface area contributed by atoms with E-state index in [1.54, 1.807) is 19.9 Å². The summed E-state index contributed by atoms with van der Waals surface area (Å²) in [6.07, 6.45) is -1.02. The van der Waals surface area contributed by atoms with Crippen molar-refractivity contribution in [1.82, 2.24) is 4.98 Å². The predicted molar refractivity (Wildman–Crippen MR) is 77.4 cm³/mol. The summed E-state index contributed by atoms with van der Waals surface area (Å²) in [7, 11) is 0. The van der Waals surface area contributed by atoms with Crippen LogP contribution in [0.4, 0.5) is 0 Å². The number of aryl methyl sites for hydroxylation is 1. The molecule has 0 saturated carbocycles. The molecular weight excluding hydrogens is 254 g/mol. The second kappa shape index (κ2) is 5.59. The van der Waals surface area contributed by atoms with Gasteiger partial charge in [-0.3, -0.25) is 9.78 Å². The summed E-state index contributed by atoms with van der Waals surface area (Å²) in [5.41, 5.74) is 2.39. The molecule has 0 aliphatic rings. The van der Waals surface area contributed by atoms with Crippen LogP contribution in [0.25, 0.3) is 10.9 Å². The SMILES string of the molecule is Cc1ccc2cc(C(O)C(C(=O)O)C(C)C)ccc2n1. The predicted octanol–water partition coefficient (Wildman–Crippen LogP) is 2.93. The van der Waals surface area contributed by atoms with E-state index in [2.05, 4.69) is 4.98 Å². The molecule has 1 aromatic carbocycles. The van der Waals surface area contributed by atoms with E-state index in [-0.39, 0.29) is 5.92 Å². The minimum Gasteiger partial charge on any atom is -0.481 e. The van der Waals surface area contributed by atoms with Crippen molar-refractivity contribution in [1.29, 1.82) is 0 Å². The van der Waals surface area contributed by atoms with E-state index in [1.807, 2.05) is 31.2 Å². The number of aliphatic hydroxyl groups excluding tert-OH is 1. The molecule has 4 heteroatoms. The lowest BCUT2D eigenvalue weighted by molar-refractivity contribution is -0.148. The van der Waals surface area contributed by atoms with Gasteiger partial charge in [-0.1, -0.05) is 26.0 Å². The van der Waals surface area contributed by atoms with Crippen molar-refractivity contribution in [2.24, 2.45) is 11.8 Å². The lowest BCUT2D eigenvalue weighted by Gasteiger charge is -2.23. The number of aliphatic carboxylic acids is 1. The summed E-state index contributed by atoms with van der Waals surface area (Å²) in [6.45, 7) is 5.52. The van der Waals surface area contributed by atoms with Gasteiger partial charge in [0.25, 0.3) is 0 Å². The van der Waals surface area contributed by atoms with Crippen molar-refractivity contribution in [3.63, 3.8) is 0 Å². The summed E-state index contributed by atoms with van der Waals surface area (Å²) >= 11 is 0. The summed E-state index contributed by atoms with van der Waals surface area (Å²) < 4.78 is 0. The Hall–Kier alpha value is -1.94. The Morgan fingerprint density at radius 1 is 1.20 bits per heavy atom. The zero-order chi connectivity index (χ0) is 14.9. The van der Waals surface area contributed by atoms with Crippen LogP contribution in [0.15, 0.2) is 30.3 Å². The van der Waals surface area contributed by atoms with E-state index < -0.39 is 18.0 Å². The molecule has 2 unspecified atom stereocenters. The van der Waals surface area contributed by atoms with E-state index in [4.69, 9.17) is 0 Å². The minimum absolute atomic E-state index is 0.144. The molecule has 1 heterocycles. The fourth-order valence-corrected chi connectivity index (χ4v) is 2.42. The Bertz CT molecular complexity index is 637. The van der Waals surface area contributed by atoms with Crippen molar-refractivity contribution in [3.05, 3.63) is 41.6 Å². The number of carboxylic acid groups (broad SMARTS) is 1. The van der Waals surface area contributed by atoms with Gasteiger partial charge in [0.1, 0.15) is 0 Å². The molecule has 1 aromatic heterocycles. The van der Waals surface area contributed by atoms with Crippen molar-refractivity contribution < 1.29 is 15.0 Å². The largest absolute Gasteiger partial charge is 0.481 e. The number of nitrogens with zero attached hydrogens (tertiary/aromatic N) is 1. The number of pyridine rings is 1. The summed E-state index contributed by atoms with van der Waals surface area (Å²) in [6, 6.07) is 9.21. The molecule has 0 bridgehead atoms. The van der Waals surface area contributed by atoms with E-state index in [1.165, 1.54) is 0 Å². The Morgan fingerprint density at radius 2 is 1.90 bits per heavy atom. The van der Waals surface area contributed by atoms with Crippen LogP contribution in [0.5, 0.6) is 0 Å². The third-order valence-electron chi connectivity index (χ3n) is 3.54. The highest BCUT2D eigenvalue weighted by atomic mass is 16.4. The molecule has 0 aliphatic carbocycles. The quantitative estimate of drug-likeness (QED) is 0.898. The molecule has 2 N–H and O–H groups in total. The molecule has 0 aliphatic heterocycles. The topological polar surface area (TPSA) is 70.4 Å². The van der Waals surface area contributed by atoms with Gasteiger partial charge >= 0.3 is 5.97 Å². The van der Waals surface area contributed by atoms with Gasteiger partial charge in [0.2, 0.25) is 0 Å². The number of fused-ring (bicyclic) bond motifs is 1. The molecule has 0 spiro atoms. The van der Waals surface area contributed by atoms with E-state index >= 15 is 0 Å². The number of hydrogen-bond acceptors (Lipinski definition) is 3. The van der Waals surface area contributed by atoms with Gasteiger partial charge < -0.3 is 10.2 Å². The zero-order valence-corrected chi connectivity index (χ0v) is 11.9. The van der Waals surface area contributed by atoms with E-state index in [0.717, 1.165) is 16.6 Å². The Balaban J connectivity index is 2.41. The normalized spacial score (nSPS) is 14.4. The van der Waals surface area contributed by atoms with Crippen LogP contribution in [-0.2, 0) is 4.79 Å². The number of carbonyl (C=O) groups is 1. The first-order chi connectivity index (χ1) is 9.40. The molecule has 106 valence electrons. The molecular formula is C16H19NO3. The highest BCUT2D eigenvalue weighted by Crippen LogP contribution is 2.30. The number of rotatable bonds is 4. The summed E-state index contributed by atoms with van der Waals surface area (Å²) in [4.78, 5) is 15.7. The van der Waals surface area contributed by atoms with Crippen molar-refractivity contribution in [2.45, 2.75) is 26.9 Å². The molecule has 0 radical (unpaired) electrons. The third kappa shape index (κ3) is 2.80. The van der Waals surface area contributed by atoms with Crippen LogP contribution in [0, 0.1) is 18.8 Å². The van der Waals surface area contributed by atoms with Gasteiger partial charge in [0.15, 0.2) is 0 Å². The fourth-order valence-electron chi connectivity index (χ4n) is 2.42.